The van der Waals surface area contributed by atoms with Crippen molar-refractivity contribution >= 4 is 11.6 Å². The smallest absolute Gasteiger partial charge is 0.194 e. The molecule has 1 aliphatic rings. The molecular formula is C15H26O4. The lowest BCUT2D eigenvalue weighted by atomic mass is 9.53. The van der Waals surface area contributed by atoms with Crippen molar-refractivity contribution in [2.24, 2.45) is 10.8 Å². The first kappa shape index (κ1) is 16.3. The number of ketones is 2. The third-order valence-corrected chi connectivity index (χ3v) is 4.67. The predicted molar refractivity (Wildman–Crippen MR) is 72.7 cm³/mol. The van der Waals surface area contributed by atoms with Crippen LogP contribution >= 0.6 is 0 Å². The molecule has 2 N–H and O–H groups in total. The van der Waals surface area contributed by atoms with Gasteiger partial charge in [0.05, 0.1) is 10.8 Å². The van der Waals surface area contributed by atoms with Crippen molar-refractivity contribution in [3.05, 3.63) is 0 Å². The Bertz CT molecular complexity index is 384. The average Bonchev–Trinajstić information content (AvgIpc) is 2.34. The van der Waals surface area contributed by atoms with Crippen LogP contribution in [0.3, 0.4) is 0 Å². The summed E-state index contributed by atoms with van der Waals surface area (Å²) in [4.78, 5) is 24.9. The summed E-state index contributed by atoms with van der Waals surface area (Å²) < 4.78 is 0. The monoisotopic (exact) mass is 270 g/mol. The number of aliphatic hydroxyl groups is 2. The lowest BCUT2D eigenvalue weighted by Gasteiger charge is -2.51. The van der Waals surface area contributed by atoms with Gasteiger partial charge in [0.2, 0.25) is 0 Å². The van der Waals surface area contributed by atoms with Gasteiger partial charge in [-0.2, -0.15) is 0 Å². The van der Waals surface area contributed by atoms with E-state index in [0.717, 1.165) is 12.8 Å². The van der Waals surface area contributed by atoms with Crippen molar-refractivity contribution in [1.82, 2.24) is 0 Å². The molecule has 0 spiro atoms. The van der Waals surface area contributed by atoms with Gasteiger partial charge in [-0.25, -0.2) is 0 Å². The van der Waals surface area contributed by atoms with E-state index < -0.39 is 28.3 Å². The van der Waals surface area contributed by atoms with Crippen LogP contribution in [0.4, 0.5) is 0 Å². The second kappa shape index (κ2) is 4.98. The van der Waals surface area contributed by atoms with Gasteiger partial charge in [-0.3, -0.25) is 9.59 Å². The highest BCUT2D eigenvalue weighted by Gasteiger charge is 2.65. The van der Waals surface area contributed by atoms with Crippen molar-refractivity contribution < 1.29 is 19.8 Å². The molecule has 1 fully saturated rings. The number of hydrogen-bond donors (Lipinski definition) is 2. The fraction of sp³-hybridized carbons (Fsp3) is 0.867. The highest BCUT2D eigenvalue weighted by atomic mass is 16.3. The van der Waals surface area contributed by atoms with E-state index in [4.69, 9.17) is 0 Å². The Balaban J connectivity index is 3.16. The molecule has 0 bridgehead atoms. The zero-order valence-electron chi connectivity index (χ0n) is 12.6. The molecule has 0 aromatic heterocycles. The summed E-state index contributed by atoms with van der Waals surface area (Å²) in [6.45, 7) is 8.36. The minimum atomic E-state index is -1.76. The quantitative estimate of drug-likeness (QED) is 0.765. The number of carbonyl (C=O) groups excluding carboxylic acids is 2. The van der Waals surface area contributed by atoms with Crippen LogP contribution < -0.4 is 0 Å². The fourth-order valence-electron chi connectivity index (χ4n) is 3.05. The van der Waals surface area contributed by atoms with Gasteiger partial charge in [0.25, 0.3) is 0 Å². The first-order valence-corrected chi connectivity index (χ1v) is 7.03. The molecular weight excluding hydrogens is 244 g/mol. The third kappa shape index (κ3) is 2.25. The zero-order chi connectivity index (χ0) is 15.1. The van der Waals surface area contributed by atoms with E-state index >= 15 is 0 Å². The standard InChI is InChI=1S/C15H26O4/c1-6-7-8-9-15(19)11(17)10(16)13(2,3)12(18)14(15,4)5/h10,16,19H,6-9H2,1-5H3/t10-,15+/m0/s1. The fourth-order valence-corrected chi connectivity index (χ4v) is 3.05. The lowest BCUT2D eigenvalue weighted by molar-refractivity contribution is -0.191. The van der Waals surface area contributed by atoms with E-state index in [1.54, 1.807) is 27.7 Å². The summed E-state index contributed by atoms with van der Waals surface area (Å²) in [7, 11) is 0. The molecule has 0 amide bonds. The van der Waals surface area contributed by atoms with E-state index in [0.29, 0.717) is 6.42 Å². The largest absolute Gasteiger partial charge is 0.384 e. The van der Waals surface area contributed by atoms with E-state index in [9.17, 15) is 19.8 Å². The van der Waals surface area contributed by atoms with E-state index in [1.165, 1.54) is 0 Å². The van der Waals surface area contributed by atoms with Gasteiger partial charge < -0.3 is 10.2 Å². The summed E-state index contributed by atoms with van der Waals surface area (Å²) in [5, 5.41) is 20.8. The molecule has 0 aromatic carbocycles. The topological polar surface area (TPSA) is 74.6 Å². The summed E-state index contributed by atoms with van der Waals surface area (Å²) >= 11 is 0. The second-order valence-electron chi connectivity index (χ2n) is 6.76. The normalized spacial score (nSPS) is 33.5. The molecule has 1 aliphatic carbocycles. The average molecular weight is 270 g/mol. The number of rotatable bonds is 4. The number of aliphatic hydroxyl groups excluding tert-OH is 1. The molecule has 4 nitrogen and oxygen atoms in total. The van der Waals surface area contributed by atoms with Crippen LogP contribution in [0.2, 0.25) is 0 Å². The molecule has 0 heterocycles. The van der Waals surface area contributed by atoms with Gasteiger partial charge in [-0.1, -0.05) is 26.2 Å². The molecule has 0 aromatic rings. The van der Waals surface area contributed by atoms with Gasteiger partial charge in [0.15, 0.2) is 5.78 Å². The molecule has 0 aliphatic heterocycles. The summed E-state index contributed by atoms with van der Waals surface area (Å²) in [5.74, 6) is -0.871. The van der Waals surface area contributed by atoms with Crippen molar-refractivity contribution in [1.29, 1.82) is 0 Å². The Labute approximate surface area is 115 Å². The molecule has 110 valence electrons. The Kier molecular flexibility index (Phi) is 4.28. The molecule has 1 rings (SSSR count). The van der Waals surface area contributed by atoms with Gasteiger partial charge in [-0.15, -0.1) is 0 Å². The first-order chi connectivity index (χ1) is 8.53. The minimum Gasteiger partial charge on any atom is -0.384 e. The van der Waals surface area contributed by atoms with Crippen LogP contribution in [0.25, 0.3) is 0 Å². The summed E-state index contributed by atoms with van der Waals surface area (Å²) in [6, 6.07) is 0. The lowest BCUT2D eigenvalue weighted by Crippen LogP contribution is -2.69. The maximum Gasteiger partial charge on any atom is 0.194 e. The number of hydrogen-bond acceptors (Lipinski definition) is 4. The Morgan fingerprint density at radius 1 is 1.11 bits per heavy atom. The van der Waals surface area contributed by atoms with Gasteiger partial charge in [-0.05, 0) is 34.1 Å². The molecule has 0 radical (unpaired) electrons. The second-order valence-corrected chi connectivity index (χ2v) is 6.76. The van der Waals surface area contributed by atoms with E-state index in [1.807, 2.05) is 6.92 Å². The first-order valence-electron chi connectivity index (χ1n) is 7.03. The highest BCUT2D eigenvalue weighted by molar-refractivity contribution is 6.08. The zero-order valence-corrected chi connectivity index (χ0v) is 12.6. The number of Topliss-reactive ketones (excluding diaryl/α,β-unsaturated/α-hetero) is 2. The van der Waals surface area contributed by atoms with Gasteiger partial charge in [0.1, 0.15) is 17.5 Å². The minimum absolute atomic E-state index is 0.228. The van der Waals surface area contributed by atoms with Crippen LogP contribution in [0.5, 0.6) is 0 Å². The Morgan fingerprint density at radius 2 is 1.63 bits per heavy atom. The number of carbonyl (C=O) groups is 2. The van der Waals surface area contributed by atoms with Crippen molar-refractivity contribution in [3.8, 4) is 0 Å². The third-order valence-electron chi connectivity index (χ3n) is 4.67. The number of unbranched alkanes of at least 4 members (excludes halogenated alkanes) is 2. The molecule has 2 atom stereocenters. The molecule has 0 saturated heterocycles. The van der Waals surface area contributed by atoms with Crippen LogP contribution in [0.15, 0.2) is 0 Å². The van der Waals surface area contributed by atoms with Gasteiger partial charge >= 0.3 is 0 Å². The van der Waals surface area contributed by atoms with Crippen molar-refractivity contribution in [3.63, 3.8) is 0 Å². The summed E-state index contributed by atoms with van der Waals surface area (Å²) in [6.07, 6.45) is 1.32. The summed E-state index contributed by atoms with van der Waals surface area (Å²) in [5.41, 5.74) is -4.06. The SMILES string of the molecule is CCCCC[C@@]1(O)C(=O)[C@H](O)C(C)(C)C(=O)C1(C)C. The van der Waals surface area contributed by atoms with E-state index in [-0.39, 0.29) is 12.2 Å². The molecule has 19 heavy (non-hydrogen) atoms. The Hall–Kier alpha value is -0.740. The van der Waals surface area contributed by atoms with Crippen LogP contribution in [-0.4, -0.2) is 33.5 Å². The maximum absolute atomic E-state index is 12.5. The Morgan fingerprint density at radius 3 is 2.11 bits per heavy atom. The predicted octanol–water partition coefficient (Wildman–Crippen LogP) is 1.86. The maximum atomic E-state index is 12.5. The van der Waals surface area contributed by atoms with Crippen LogP contribution in [0.1, 0.15) is 60.3 Å². The van der Waals surface area contributed by atoms with Crippen LogP contribution in [-0.2, 0) is 9.59 Å². The molecule has 4 heteroatoms. The van der Waals surface area contributed by atoms with Gasteiger partial charge in [0, 0.05) is 0 Å². The molecule has 0 unspecified atom stereocenters. The van der Waals surface area contributed by atoms with Crippen molar-refractivity contribution in [2.45, 2.75) is 72.0 Å². The highest BCUT2D eigenvalue weighted by Crippen LogP contribution is 2.48. The van der Waals surface area contributed by atoms with Crippen LogP contribution in [0, 0.1) is 10.8 Å². The van der Waals surface area contributed by atoms with Crippen molar-refractivity contribution in [2.75, 3.05) is 0 Å². The van der Waals surface area contributed by atoms with E-state index in [2.05, 4.69) is 0 Å². The molecule has 1 saturated carbocycles.